The molecule has 0 aromatic heterocycles. The van der Waals surface area contributed by atoms with Gasteiger partial charge < -0.3 is 10.2 Å². The minimum atomic E-state index is -0.0911. The molecule has 0 unspecified atom stereocenters. The molecule has 1 N–H and O–H groups in total. The highest BCUT2D eigenvalue weighted by atomic mass is 19.1. The molecule has 3 heteroatoms. The summed E-state index contributed by atoms with van der Waals surface area (Å²) >= 11 is 0. The van der Waals surface area contributed by atoms with Crippen molar-refractivity contribution in [1.29, 1.82) is 0 Å². The summed E-state index contributed by atoms with van der Waals surface area (Å²) in [5, 5.41) is 3.32. The third kappa shape index (κ3) is 4.70. The summed E-state index contributed by atoms with van der Waals surface area (Å²) in [5.74, 6) is 0.676. The Morgan fingerprint density at radius 1 is 1.24 bits per heavy atom. The number of hydrogen-bond donors (Lipinski definition) is 1. The van der Waals surface area contributed by atoms with E-state index in [1.54, 1.807) is 6.07 Å². The summed E-state index contributed by atoms with van der Waals surface area (Å²) in [6.45, 7) is 4.72. The molecule has 1 saturated carbocycles. The first-order valence-corrected chi connectivity index (χ1v) is 8.41. The molecule has 1 aliphatic rings. The zero-order valence-corrected chi connectivity index (χ0v) is 13.5. The van der Waals surface area contributed by atoms with Gasteiger partial charge in [0.05, 0.1) is 0 Å². The van der Waals surface area contributed by atoms with Gasteiger partial charge in [0, 0.05) is 31.4 Å². The maximum Gasteiger partial charge on any atom is 0.129 e. The van der Waals surface area contributed by atoms with Crippen molar-refractivity contribution >= 4 is 5.69 Å². The highest BCUT2D eigenvalue weighted by molar-refractivity contribution is 5.53. The van der Waals surface area contributed by atoms with Crippen LogP contribution < -0.4 is 10.2 Å². The van der Waals surface area contributed by atoms with Gasteiger partial charge in [-0.3, -0.25) is 0 Å². The van der Waals surface area contributed by atoms with Crippen LogP contribution >= 0.6 is 0 Å². The number of nitrogens with one attached hydrogen (secondary N) is 1. The molecule has 0 bridgehead atoms. The molecule has 0 saturated heterocycles. The average Bonchev–Trinajstić information content (AvgIpc) is 2.50. The molecule has 0 aliphatic heterocycles. The summed E-state index contributed by atoms with van der Waals surface area (Å²) in [7, 11) is 2.10. The van der Waals surface area contributed by atoms with E-state index in [9.17, 15) is 4.39 Å². The van der Waals surface area contributed by atoms with E-state index < -0.39 is 0 Å². The minimum Gasteiger partial charge on any atom is -0.374 e. The summed E-state index contributed by atoms with van der Waals surface area (Å²) < 4.78 is 14.1. The molecule has 1 aromatic carbocycles. The third-order valence-electron chi connectivity index (χ3n) is 4.49. The van der Waals surface area contributed by atoms with Crippen LogP contribution in [0.5, 0.6) is 0 Å². The Balaban J connectivity index is 2.04. The monoisotopic (exact) mass is 292 g/mol. The molecule has 1 fully saturated rings. The van der Waals surface area contributed by atoms with E-state index in [1.165, 1.54) is 32.1 Å². The molecule has 1 aliphatic carbocycles. The van der Waals surface area contributed by atoms with Gasteiger partial charge in [0.2, 0.25) is 0 Å². The normalized spacial score (nSPS) is 16.1. The fourth-order valence-corrected chi connectivity index (χ4v) is 3.33. The van der Waals surface area contributed by atoms with Crippen LogP contribution in [0, 0.1) is 11.7 Å². The Hall–Kier alpha value is -1.09. The van der Waals surface area contributed by atoms with Gasteiger partial charge in [-0.2, -0.15) is 0 Å². The number of benzene rings is 1. The smallest absolute Gasteiger partial charge is 0.129 e. The highest BCUT2D eigenvalue weighted by Gasteiger charge is 2.18. The Bertz CT molecular complexity index is 427. The van der Waals surface area contributed by atoms with Crippen LogP contribution in [0.1, 0.15) is 51.0 Å². The van der Waals surface area contributed by atoms with Gasteiger partial charge in [0.25, 0.3) is 0 Å². The largest absolute Gasteiger partial charge is 0.374 e. The number of anilines is 1. The Kier molecular flexibility index (Phi) is 6.50. The van der Waals surface area contributed by atoms with Crippen molar-refractivity contribution in [2.75, 3.05) is 25.0 Å². The molecule has 0 atom stereocenters. The van der Waals surface area contributed by atoms with Crippen molar-refractivity contribution in [2.24, 2.45) is 5.92 Å². The van der Waals surface area contributed by atoms with Crippen molar-refractivity contribution in [2.45, 2.75) is 52.0 Å². The van der Waals surface area contributed by atoms with Crippen molar-refractivity contribution in [3.05, 3.63) is 29.6 Å². The molecule has 2 nitrogen and oxygen atoms in total. The van der Waals surface area contributed by atoms with Gasteiger partial charge in [-0.05, 0) is 43.9 Å². The standard InChI is InChI=1S/C18H29FN2/c1-3-12-20-13-16-17(19)10-7-11-18(16)21(2)14-15-8-5-4-6-9-15/h7,10-11,15,20H,3-6,8-9,12-14H2,1-2H3. The lowest BCUT2D eigenvalue weighted by Gasteiger charge is -2.30. The van der Waals surface area contributed by atoms with E-state index in [1.807, 2.05) is 6.07 Å². The van der Waals surface area contributed by atoms with Crippen LogP contribution in [-0.2, 0) is 6.54 Å². The Morgan fingerprint density at radius 3 is 2.71 bits per heavy atom. The van der Waals surface area contributed by atoms with Gasteiger partial charge >= 0.3 is 0 Å². The second kappa shape index (κ2) is 8.38. The number of halogens is 1. The zero-order chi connectivity index (χ0) is 15.1. The first-order chi connectivity index (χ1) is 10.2. The van der Waals surface area contributed by atoms with E-state index in [-0.39, 0.29) is 5.82 Å². The molecule has 118 valence electrons. The zero-order valence-electron chi connectivity index (χ0n) is 13.5. The second-order valence-corrected chi connectivity index (χ2v) is 6.30. The molecular formula is C18H29FN2. The molecular weight excluding hydrogens is 263 g/mol. The lowest BCUT2D eigenvalue weighted by molar-refractivity contribution is 0.362. The molecule has 21 heavy (non-hydrogen) atoms. The average molecular weight is 292 g/mol. The first-order valence-electron chi connectivity index (χ1n) is 8.41. The number of rotatable bonds is 7. The summed E-state index contributed by atoms with van der Waals surface area (Å²) in [5.41, 5.74) is 1.86. The minimum absolute atomic E-state index is 0.0911. The van der Waals surface area contributed by atoms with E-state index in [0.717, 1.165) is 36.7 Å². The van der Waals surface area contributed by atoms with Crippen LogP contribution in [0.25, 0.3) is 0 Å². The van der Waals surface area contributed by atoms with Crippen molar-refractivity contribution < 1.29 is 4.39 Å². The lowest BCUT2D eigenvalue weighted by Crippen LogP contribution is -2.28. The van der Waals surface area contributed by atoms with Crippen LogP contribution in [0.2, 0.25) is 0 Å². The van der Waals surface area contributed by atoms with Crippen molar-refractivity contribution in [3.8, 4) is 0 Å². The molecule has 1 aromatic rings. The maximum absolute atomic E-state index is 14.1. The van der Waals surface area contributed by atoms with E-state index in [2.05, 4.69) is 30.3 Å². The molecule has 2 rings (SSSR count). The number of nitrogens with zero attached hydrogens (tertiary/aromatic N) is 1. The predicted molar refractivity (Wildman–Crippen MR) is 88.2 cm³/mol. The predicted octanol–water partition coefficient (Wildman–Crippen LogP) is 4.34. The van der Waals surface area contributed by atoms with E-state index >= 15 is 0 Å². The molecule has 0 radical (unpaired) electrons. The molecule has 0 amide bonds. The first kappa shape index (κ1) is 16.3. The third-order valence-corrected chi connectivity index (χ3v) is 4.49. The summed E-state index contributed by atoms with van der Waals surface area (Å²) in [4.78, 5) is 2.25. The van der Waals surface area contributed by atoms with Gasteiger partial charge in [0.1, 0.15) is 5.82 Å². The highest BCUT2D eigenvalue weighted by Crippen LogP contribution is 2.28. The van der Waals surface area contributed by atoms with Gasteiger partial charge in [-0.15, -0.1) is 0 Å². The van der Waals surface area contributed by atoms with Crippen molar-refractivity contribution in [3.63, 3.8) is 0 Å². The number of hydrogen-bond acceptors (Lipinski definition) is 2. The van der Waals surface area contributed by atoms with E-state index in [0.29, 0.717) is 6.54 Å². The van der Waals surface area contributed by atoms with Crippen LogP contribution in [-0.4, -0.2) is 20.1 Å². The fourth-order valence-electron chi connectivity index (χ4n) is 3.33. The SMILES string of the molecule is CCCNCc1c(F)cccc1N(C)CC1CCCCC1. The quantitative estimate of drug-likeness (QED) is 0.752. The topological polar surface area (TPSA) is 15.3 Å². The second-order valence-electron chi connectivity index (χ2n) is 6.30. The van der Waals surface area contributed by atoms with Gasteiger partial charge in [0.15, 0.2) is 0 Å². The van der Waals surface area contributed by atoms with E-state index in [4.69, 9.17) is 0 Å². The summed E-state index contributed by atoms with van der Waals surface area (Å²) in [6.07, 6.45) is 7.80. The summed E-state index contributed by atoms with van der Waals surface area (Å²) in [6, 6.07) is 5.45. The fraction of sp³-hybridized carbons (Fsp3) is 0.667. The van der Waals surface area contributed by atoms with Gasteiger partial charge in [-0.25, -0.2) is 4.39 Å². The van der Waals surface area contributed by atoms with Crippen LogP contribution in [0.15, 0.2) is 18.2 Å². The molecule has 0 spiro atoms. The van der Waals surface area contributed by atoms with Crippen LogP contribution in [0.4, 0.5) is 10.1 Å². The molecule has 0 heterocycles. The van der Waals surface area contributed by atoms with Gasteiger partial charge in [-0.1, -0.05) is 32.3 Å². The maximum atomic E-state index is 14.1. The van der Waals surface area contributed by atoms with Crippen LogP contribution in [0.3, 0.4) is 0 Å². The Labute approximate surface area is 128 Å². The lowest BCUT2D eigenvalue weighted by atomic mass is 9.89. The van der Waals surface area contributed by atoms with Crippen molar-refractivity contribution in [1.82, 2.24) is 5.32 Å². The Morgan fingerprint density at radius 2 is 2.00 bits per heavy atom.